The summed E-state index contributed by atoms with van der Waals surface area (Å²) in [5.74, 6) is -2.49. The number of anilines is 1. The van der Waals surface area contributed by atoms with Crippen LogP contribution in [0.3, 0.4) is 0 Å². The first-order valence-corrected chi connectivity index (χ1v) is 6.99. The largest absolute Gasteiger partial charge is 0.505 e. The molecular weight excluding hydrogens is 294 g/mol. The van der Waals surface area contributed by atoms with Crippen molar-refractivity contribution in [1.82, 2.24) is 0 Å². The van der Waals surface area contributed by atoms with Crippen LogP contribution in [0.1, 0.15) is 22.8 Å². The predicted octanol–water partition coefficient (Wildman–Crippen LogP) is 2.73. The second-order valence-electron chi connectivity index (χ2n) is 5.09. The monoisotopic (exact) mass is 307 g/mol. The predicted molar refractivity (Wildman–Crippen MR) is 84.9 cm³/mol. The van der Waals surface area contributed by atoms with E-state index in [-0.39, 0.29) is 22.6 Å². The zero-order valence-corrected chi connectivity index (χ0v) is 12.3. The summed E-state index contributed by atoms with van der Waals surface area (Å²) < 4.78 is 0. The van der Waals surface area contributed by atoms with E-state index in [1.54, 1.807) is 42.5 Å². The van der Waals surface area contributed by atoms with Crippen molar-refractivity contribution in [3.8, 4) is 0 Å². The topological polar surface area (TPSA) is 74.7 Å². The molecule has 0 spiro atoms. The van der Waals surface area contributed by atoms with Crippen LogP contribution in [0.5, 0.6) is 0 Å². The van der Waals surface area contributed by atoms with Crippen molar-refractivity contribution in [3.63, 3.8) is 0 Å². The molecule has 1 aliphatic rings. The standard InChI is InChI=1S/C18H13NO4/c1-11(20)19(12-7-3-2-4-8-12)15-16(21)13-9-5-6-10-14(13)17(22)18(15)23/h2-10,21H,1H3. The number of carbonyl (C=O) groups is 3. The van der Waals surface area contributed by atoms with Gasteiger partial charge in [0.05, 0.1) is 0 Å². The third-order valence-corrected chi connectivity index (χ3v) is 3.63. The van der Waals surface area contributed by atoms with Crippen LogP contribution >= 0.6 is 0 Å². The number of benzene rings is 2. The Labute approximate surface area is 132 Å². The van der Waals surface area contributed by atoms with Gasteiger partial charge in [0, 0.05) is 23.7 Å². The van der Waals surface area contributed by atoms with Crippen LogP contribution in [0.4, 0.5) is 5.69 Å². The average molecular weight is 307 g/mol. The van der Waals surface area contributed by atoms with E-state index in [9.17, 15) is 19.5 Å². The lowest BCUT2D eigenvalue weighted by molar-refractivity contribution is -0.118. The number of amides is 1. The van der Waals surface area contributed by atoms with Gasteiger partial charge >= 0.3 is 0 Å². The third-order valence-electron chi connectivity index (χ3n) is 3.63. The van der Waals surface area contributed by atoms with E-state index in [2.05, 4.69) is 0 Å². The fourth-order valence-corrected chi connectivity index (χ4v) is 2.61. The molecule has 0 saturated heterocycles. The molecule has 3 rings (SSSR count). The number of rotatable bonds is 2. The van der Waals surface area contributed by atoms with Gasteiger partial charge in [0.15, 0.2) is 5.76 Å². The molecule has 0 radical (unpaired) electrons. The molecule has 0 aliphatic heterocycles. The smallest absolute Gasteiger partial charge is 0.254 e. The van der Waals surface area contributed by atoms with Crippen LogP contribution in [0.15, 0.2) is 60.3 Å². The number of carbonyl (C=O) groups excluding carboxylic acids is 3. The Morgan fingerprint density at radius 1 is 0.870 bits per heavy atom. The Morgan fingerprint density at radius 3 is 2.04 bits per heavy atom. The van der Waals surface area contributed by atoms with Gasteiger partial charge in [-0.05, 0) is 12.1 Å². The van der Waals surface area contributed by atoms with Crippen molar-refractivity contribution in [2.45, 2.75) is 6.92 Å². The molecule has 0 heterocycles. The summed E-state index contributed by atoms with van der Waals surface area (Å²) in [4.78, 5) is 37.9. The Kier molecular flexibility index (Phi) is 3.54. The van der Waals surface area contributed by atoms with E-state index < -0.39 is 17.5 Å². The lowest BCUT2D eigenvalue weighted by atomic mass is 9.91. The van der Waals surface area contributed by atoms with E-state index in [1.807, 2.05) is 0 Å². The van der Waals surface area contributed by atoms with Crippen LogP contribution in [-0.2, 0) is 9.59 Å². The minimum Gasteiger partial charge on any atom is -0.505 e. The van der Waals surface area contributed by atoms with E-state index in [0.29, 0.717) is 5.69 Å². The van der Waals surface area contributed by atoms with E-state index >= 15 is 0 Å². The zero-order chi connectivity index (χ0) is 16.6. The number of hydrogen-bond acceptors (Lipinski definition) is 4. The zero-order valence-electron chi connectivity index (χ0n) is 12.3. The molecule has 0 fully saturated rings. The van der Waals surface area contributed by atoms with Crippen molar-refractivity contribution < 1.29 is 19.5 Å². The Morgan fingerprint density at radius 2 is 1.43 bits per heavy atom. The van der Waals surface area contributed by atoms with Gasteiger partial charge in [-0.3, -0.25) is 19.3 Å². The lowest BCUT2D eigenvalue weighted by Crippen LogP contribution is -2.38. The highest BCUT2D eigenvalue weighted by Gasteiger charge is 2.37. The Balaban J connectivity index is 2.26. The number of aliphatic hydroxyl groups is 1. The summed E-state index contributed by atoms with van der Waals surface area (Å²) in [7, 11) is 0. The third kappa shape index (κ3) is 2.32. The number of allylic oxidation sites excluding steroid dienone is 1. The first kappa shape index (κ1) is 14.7. The number of Topliss-reactive ketones (excluding diaryl/α,β-unsaturated/α-hetero) is 2. The summed E-state index contributed by atoms with van der Waals surface area (Å²) in [6.07, 6.45) is 0. The number of ketones is 2. The fraction of sp³-hybridized carbons (Fsp3) is 0.0556. The van der Waals surface area contributed by atoms with Gasteiger partial charge in [0.2, 0.25) is 11.7 Å². The number of hydrogen-bond donors (Lipinski definition) is 1. The van der Waals surface area contributed by atoms with Gasteiger partial charge in [0.1, 0.15) is 5.70 Å². The van der Waals surface area contributed by atoms with E-state index in [1.165, 1.54) is 19.1 Å². The van der Waals surface area contributed by atoms with Crippen molar-refractivity contribution >= 4 is 28.9 Å². The second-order valence-corrected chi connectivity index (χ2v) is 5.09. The van der Waals surface area contributed by atoms with Gasteiger partial charge in [-0.25, -0.2) is 0 Å². The molecule has 2 aromatic carbocycles. The molecule has 0 unspecified atom stereocenters. The molecular formula is C18H13NO4. The highest BCUT2D eigenvalue weighted by Crippen LogP contribution is 2.32. The molecule has 5 nitrogen and oxygen atoms in total. The molecule has 0 bridgehead atoms. The van der Waals surface area contributed by atoms with Gasteiger partial charge in [0.25, 0.3) is 5.78 Å². The van der Waals surface area contributed by atoms with Crippen molar-refractivity contribution in [1.29, 1.82) is 0 Å². The van der Waals surface area contributed by atoms with Gasteiger partial charge in [-0.1, -0.05) is 42.5 Å². The maximum absolute atomic E-state index is 12.5. The Hall–Kier alpha value is -3.21. The minimum absolute atomic E-state index is 0.135. The van der Waals surface area contributed by atoms with Gasteiger partial charge in [-0.15, -0.1) is 0 Å². The van der Waals surface area contributed by atoms with Crippen LogP contribution in [-0.4, -0.2) is 22.6 Å². The van der Waals surface area contributed by atoms with Crippen molar-refractivity contribution in [3.05, 3.63) is 71.4 Å². The molecule has 0 saturated carbocycles. The highest BCUT2D eigenvalue weighted by atomic mass is 16.3. The maximum Gasteiger partial charge on any atom is 0.254 e. The average Bonchev–Trinajstić information content (AvgIpc) is 2.57. The van der Waals surface area contributed by atoms with Crippen LogP contribution in [0.2, 0.25) is 0 Å². The molecule has 2 aromatic rings. The summed E-state index contributed by atoms with van der Waals surface area (Å²) in [6.45, 7) is 1.27. The van der Waals surface area contributed by atoms with E-state index in [4.69, 9.17) is 0 Å². The number of nitrogens with zero attached hydrogens (tertiary/aromatic N) is 1. The van der Waals surface area contributed by atoms with Gasteiger partial charge in [-0.2, -0.15) is 0 Å². The first-order valence-electron chi connectivity index (χ1n) is 6.99. The molecule has 5 heteroatoms. The maximum atomic E-state index is 12.5. The van der Waals surface area contributed by atoms with Crippen LogP contribution in [0, 0.1) is 0 Å². The quantitative estimate of drug-likeness (QED) is 0.866. The Bertz CT molecular complexity index is 852. The van der Waals surface area contributed by atoms with Crippen LogP contribution < -0.4 is 4.90 Å². The minimum atomic E-state index is -0.903. The van der Waals surface area contributed by atoms with Crippen molar-refractivity contribution in [2.24, 2.45) is 0 Å². The van der Waals surface area contributed by atoms with E-state index in [0.717, 1.165) is 4.90 Å². The normalized spacial score (nSPS) is 13.8. The highest BCUT2D eigenvalue weighted by molar-refractivity contribution is 6.53. The second kappa shape index (κ2) is 5.53. The molecule has 0 atom stereocenters. The van der Waals surface area contributed by atoms with Crippen LogP contribution in [0.25, 0.3) is 5.76 Å². The SMILES string of the molecule is CC(=O)N(C1=C(O)c2ccccc2C(=O)C1=O)c1ccccc1. The summed E-state index contributed by atoms with van der Waals surface area (Å²) in [6, 6.07) is 14.7. The first-order chi connectivity index (χ1) is 11.0. The molecule has 1 amide bonds. The number of fused-ring (bicyclic) bond motifs is 1. The molecule has 0 aromatic heterocycles. The molecule has 114 valence electrons. The lowest BCUT2D eigenvalue weighted by Gasteiger charge is -2.27. The number of aliphatic hydroxyl groups excluding tert-OH is 1. The molecule has 1 N–H and O–H groups in total. The number of para-hydroxylation sites is 1. The summed E-state index contributed by atoms with van der Waals surface area (Å²) in [5.41, 5.74) is 0.471. The molecule has 1 aliphatic carbocycles. The van der Waals surface area contributed by atoms with Crippen molar-refractivity contribution in [2.75, 3.05) is 4.90 Å². The fourth-order valence-electron chi connectivity index (χ4n) is 2.61. The summed E-state index contributed by atoms with van der Waals surface area (Å²) in [5, 5.41) is 10.5. The van der Waals surface area contributed by atoms with Gasteiger partial charge < -0.3 is 5.11 Å². The summed E-state index contributed by atoms with van der Waals surface area (Å²) >= 11 is 0. The molecule has 23 heavy (non-hydrogen) atoms.